The number of carbonyl (C=O) groups excluding carboxylic acids is 2. The quantitative estimate of drug-likeness (QED) is 0.781. The lowest BCUT2D eigenvalue weighted by atomic mass is 9.98. The number of hydrogen-bond acceptors (Lipinski definition) is 4. The zero-order valence-corrected chi connectivity index (χ0v) is 15.9. The summed E-state index contributed by atoms with van der Waals surface area (Å²) in [7, 11) is 1.58. The van der Waals surface area contributed by atoms with E-state index in [-0.39, 0.29) is 12.0 Å². The molecule has 2 aromatic carbocycles. The number of piperidine rings is 1. The van der Waals surface area contributed by atoms with Crippen LogP contribution in [0, 0.1) is 0 Å². The van der Waals surface area contributed by atoms with Crippen LogP contribution in [0.25, 0.3) is 11.1 Å². The average Bonchev–Trinajstić information content (AvgIpc) is 2.73. The predicted molar refractivity (Wildman–Crippen MR) is 107 cm³/mol. The van der Waals surface area contributed by atoms with E-state index >= 15 is 0 Å². The molecule has 0 atom stereocenters. The lowest BCUT2D eigenvalue weighted by Crippen LogP contribution is -2.41. The molecule has 2 N–H and O–H groups in total. The Balaban J connectivity index is 1.83. The van der Waals surface area contributed by atoms with Gasteiger partial charge in [-0.25, -0.2) is 0 Å². The normalized spacial score (nSPS) is 14.4. The van der Waals surface area contributed by atoms with Crippen LogP contribution in [0.15, 0.2) is 55.1 Å². The van der Waals surface area contributed by atoms with Gasteiger partial charge in [-0.15, -0.1) is 0 Å². The molecule has 0 saturated carbocycles. The molecule has 1 heterocycles. The van der Waals surface area contributed by atoms with Crippen LogP contribution in [0.5, 0.6) is 11.5 Å². The first-order chi connectivity index (χ1) is 13.5. The number of methoxy groups -OCH3 is 1. The van der Waals surface area contributed by atoms with Crippen molar-refractivity contribution in [1.82, 2.24) is 4.90 Å². The van der Waals surface area contributed by atoms with Gasteiger partial charge < -0.3 is 20.1 Å². The highest BCUT2D eigenvalue weighted by Gasteiger charge is 2.23. The van der Waals surface area contributed by atoms with Crippen LogP contribution in [0.1, 0.15) is 23.2 Å². The van der Waals surface area contributed by atoms with E-state index in [9.17, 15) is 9.59 Å². The molecule has 1 saturated heterocycles. The smallest absolute Gasteiger partial charge is 0.249 e. The topological polar surface area (TPSA) is 81.9 Å². The van der Waals surface area contributed by atoms with Crippen LogP contribution in [0.3, 0.4) is 0 Å². The second-order valence-corrected chi connectivity index (χ2v) is 6.62. The second kappa shape index (κ2) is 8.61. The minimum absolute atomic E-state index is 0.00110. The highest BCUT2D eigenvalue weighted by Crippen LogP contribution is 2.35. The number of ether oxygens (including phenoxy) is 2. The highest BCUT2D eigenvalue weighted by atomic mass is 16.5. The van der Waals surface area contributed by atoms with Crippen LogP contribution >= 0.6 is 0 Å². The number of carbonyl (C=O) groups is 2. The first kappa shape index (κ1) is 19.5. The maximum Gasteiger partial charge on any atom is 0.249 e. The Labute approximate surface area is 164 Å². The van der Waals surface area contributed by atoms with Crippen molar-refractivity contribution in [2.24, 2.45) is 5.73 Å². The standard InChI is InChI=1S/C22H24N2O4/c1-3-21(25)24-12-10-15(11-13-24)28-16-8-9-18(22(23)26)19(14-16)17-6-4-5-7-20(17)27-2/h3-9,14-15H,1,10-13H2,2H3,(H2,23,26). The molecule has 6 nitrogen and oxygen atoms in total. The third-order valence-electron chi connectivity index (χ3n) is 4.88. The van der Waals surface area contributed by atoms with Gasteiger partial charge in [0.25, 0.3) is 0 Å². The number of para-hydroxylation sites is 1. The van der Waals surface area contributed by atoms with Crippen LogP contribution in [-0.4, -0.2) is 43.0 Å². The van der Waals surface area contributed by atoms with Crippen molar-refractivity contribution >= 4 is 11.8 Å². The van der Waals surface area contributed by atoms with Gasteiger partial charge in [0.2, 0.25) is 11.8 Å². The molecular weight excluding hydrogens is 356 g/mol. The van der Waals surface area contributed by atoms with Gasteiger partial charge in [0.1, 0.15) is 17.6 Å². The second-order valence-electron chi connectivity index (χ2n) is 6.62. The van der Waals surface area contributed by atoms with Crippen molar-refractivity contribution in [2.75, 3.05) is 20.2 Å². The summed E-state index contributed by atoms with van der Waals surface area (Å²) in [5, 5.41) is 0. The van der Waals surface area contributed by atoms with Gasteiger partial charge in [0, 0.05) is 42.6 Å². The molecule has 0 radical (unpaired) electrons. The molecule has 0 aliphatic carbocycles. The van der Waals surface area contributed by atoms with Gasteiger partial charge in [-0.3, -0.25) is 9.59 Å². The Hall–Kier alpha value is -3.28. The summed E-state index contributed by atoms with van der Waals surface area (Å²) >= 11 is 0. The van der Waals surface area contributed by atoms with E-state index in [2.05, 4.69) is 6.58 Å². The van der Waals surface area contributed by atoms with Crippen LogP contribution < -0.4 is 15.2 Å². The number of hydrogen-bond donors (Lipinski definition) is 1. The van der Waals surface area contributed by atoms with Crippen molar-refractivity contribution in [2.45, 2.75) is 18.9 Å². The summed E-state index contributed by atoms with van der Waals surface area (Å²) in [6.07, 6.45) is 2.81. The van der Waals surface area contributed by atoms with Crippen molar-refractivity contribution in [1.29, 1.82) is 0 Å². The zero-order chi connectivity index (χ0) is 20.1. The molecule has 1 fully saturated rings. The molecule has 3 rings (SSSR count). The van der Waals surface area contributed by atoms with E-state index < -0.39 is 5.91 Å². The molecule has 146 valence electrons. The molecule has 2 amide bonds. The monoisotopic (exact) mass is 380 g/mol. The Morgan fingerprint density at radius 2 is 1.86 bits per heavy atom. The van der Waals surface area contributed by atoms with Gasteiger partial charge in [0.15, 0.2) is 0 Å². The molecule has 0 aromatic heterocycles. The predicted octanol–water partition coefficient (Wildman–Crippen LogP) is 3.02. The van der Waals surface area contributed by atoms with Gasteiger partial charge in [-0.05, 0) is 30.3 Å². The van der Waals surface area contributed by atoms with E-state index in [0.29, 0.717) is 35.7 Å². The first-order valence-corrected chi connectivity index (χ1v) is 9.18. The number of benzene rings is 2. The van der Waals surface area contributed by atoms with E-state index in [4.69, 9.17) is 15.2 Å². The van der Waals surface area contributed by atoms with Gasteiger partial charge in [-0.2, -0.15) is 0 Å². The fourth-order valence-electron chi connectivity index (χ4n) is 3.42. The molecule has 0 unspecified atom stereocenters. The number of nitrogens with two attached hydrogens (primary N) is 1. The summed E-state index contributed by atoms with van der Waals surface area (Å²) in [5.74, 6) is 0.740. The summed E-state index contributed by atoms with van der Waals surface area (Å²) < 4.78 is 11.6. The maximum atomic E-state index is 11.9. The molecule has 2 aromatic rings. The van der Waals surface area contributed by atoms with Crippen molar-refractivity contribution in [3.63, 3.8) is 0 Å². The fourth-order valence-corrected chi connectivity index (χ4v) is 3.42. The lowest BCUT2D eigenvalue weighted by Gasteiger charge is -2.31. The minimum atomic E-state index is -0.510. The van der Waals surface area contributed by atoms with E-state index in [0.717, 1.165) is 18.4 Å². The van der Waals surface area contributed by atoms with E-state index in [1.54, 1.807) is 24.1 Å². The Morgan fingerprint density at radius 3 is 2.50 bits per heavy atom. The summed E-state index contributed by atoms with van der Waals surface area (Å²) in [4.78, 5) is 25.4. The Kier molecular flexibility index (Phi) is 5.99. The largest absolute Gasteiger partial charge is 0.496 e. The third-order valence-corrected chi connectivity index (χ3v) is 4.88. The van der Waals surface area contributed by atoms with E-state index in [1.807, 2.05) is 30.3 Å². The first-order valence-electron chi connectivity index (χ1n) is 9.18. The van der Waals surface area contributed by atoms with Crippen molar-refractivity contribution in [3.8, 4) is 22.6 Å². The minimum Gasteiger partial charge on any atom is -0.496 e. The SMILES string of the molecule is C=CC(=O)N1CCC(Oc2ccc(C(N)=O)c(-c3ccccc3OC)c2)CC1. The van der Waals surface area contributed by atoms with Crippen LogP contribution in [-0.2, 0) is 4.79 Å². The number of amides is 2. The van der Waals surface area contributed by atoms with E-state index in [1.165, 1.54) is 6.08 Å². The zero-order valence-electron chi connectivity index (χ0n) is 15.9. The van der Waals surface area contributed by atoms with Gasteiger partial charge in [0.05, 0.1) is 7.11 Å². The van der Waals surface area contributed by atoms with Crippen LogP contribution in [0.4, 0.5) is 0 Å². The molecule has 0 spiro atoms. The molecule has 28 heavy (non-hydrogen) atoms. The number of primary amides is 1. The Morgan fingerprint density at radius 1 is 1.14 bits per heavy atom. The molecule has 6 heteroatoms. The van der Waals surface area contributed by atoms with Crippen LogP contribution in [0.2, 0.25) is 0 Å². The van der Waals surface area contributed by atoms with Gasteiger partial charge in [-0.1, -0.05) is 24.8 Å². The average molecular weight is 380 g/mol. The fraction of sp³-hybridized carbons (Fsp3) is 0.273. The maximum absolute atomic E-state index is 11.9. The van der Waals surface area contributed by atoms with Gasteiger partial charge >= 0.3 is 0 Å². The summed E-state index contributed by atoms with van der Waals surface area (Å²) in [6, 6.07) is 12.7. The van der Waals surface area contributed by atoms with Crippen molar-refractivity contribution in [3.05, 3.63) is 60.7 Å². The number of rotatable bonds is 6. The highest BCUT2D eigenvalue weighted by molar-refractivity contribution is 6.00. The summed E-state index contributed by atoms with van der Waals surface area (Å²) in [5.41, 5.74) is 7.42. The number of likely N-dealkylation sites (tertiary alicyclic amines) is 1. The lowest BCUT2D eigenvalue weighted by molar-refractivity contribution is -0.127. The molecule has 0 bridgehead atoms. The number of nitrogens with zero attached hydrogens (tertiary/aromatic N) is 1. The molecule has 1 aliphatic heterocycles. The summed E-state index contributed by atoms with van der Waals surface area (Å²) in [6.45, 7) is 4.79. The third kappa shape index (κ3) is 4.17. The molecule has 1 aliphatic rings. The van der Waals surface area contributed by atoms with Crippen molar-refractivity contribution < 1.29 is 19.1 Å². The Bertz CT molecular complexity index is 886. The molecular formula is C22H24N2O4.